The average molecular weight is 521 g/mol. The van der Waals surface area contributed by atoms with E-state index in [2.05, 4.69) is 117 Å². The number of allylic oxidation sites excluding steroid dienone is 3. The van der Waals surface area contributed by atoms with Crippen LogP contribution in [0.25, 0.3) is 65.4 Å². The van der Waals surface area contributed by atoms with Crippen LogP contribution in [0.1, 0.15) is 20.8 Å². The van der Waals surface area contributed by atoms with E-state index in [0.29, 0.717) is 0 Å². The van der Waals surface area contributed by atoms with Gasteiger partial charge in [-0.3, -0.25) is 0 Å². The van der Waals surface area contributed by atoms with Crippen LogP contribution in [-0.2, 0) is 0 Å². The largest absolute Gasteiger partial charge is 0.456 e. The third-order valence-corrected chi connectivity index (χ3v) is 6.62. The van der Waals surface area contributed by atoms with Crippen LogP contribution >= 0.6 is 0 Å². The molecule has 0 unspecified atom stereocenters. The van der Waals surface area contributed by atoms with Gasteiger partial charge in [-0.25, -0.2) is 0 Å². The maximum absolute atomic E-state index is 6.02. The Morgan fingerprint density at radius 1 is 0.450 bits per heavy atom. The van der Waals surface area contributed by atoms with E-state index in [4.69, 9.17) is 4.42 Å². The summed E-state index contributed by atoms with van der Waals surface area (Å²) in [5, 5.41) is 10.1. The van der Waals surface area contributed by atoms with Gasteiger partial charge < -0.3 is 4.42 Å². The molecule has 0 aliphatic heterocycles. The molecule has 6 aromatic carbocycles. The molecule has 1 nitrogen and oxygen atoms in total. The van der Waals surface area contributed by atoms with E-state index in [9.17, 15) is 0 Å². The summed E-state index contributed by atoms with van der Waals surface area (Å²) in [7, 11) is 0. The minimum Gasteiger partial charge on any atom is -0.456 e. The van der Waals surface area contributed by atoms with Crippen LogP contribution in [-0.4, -0.2) is 0 Å². The second-order valence-corrected chi connectivity index (χ2v) is 9.04. The van der Waals surface area contributed by atoms with Gasteiger partial charge in [-0.1, -0.05) is 130 Å². The van der Waals surface area contributed by atoms with E-state index in [1.165, 1.54) is 43.4 Å². The van der Waals surface area contributed by atoms with Crippen molar-refractivity contribution in [1.82, 2.24) is 0 Å². The molecule has 0 fully saturated rings. The molecule has 0 aliphatic rings. The van der Waals surface area contributed by atoms with E-state index < -0.39 is 0 Å². The van der Waals surface area contributed by atoms with Crippen LogP contribution < -0.4 is 0 Å². The molecule has 0 atom stereocenters. The first-order valence-corrected chi connectivity index (χ1v) is 13.8. The first-order valence-electron chi connectivity index (χ1n) is 13.8. The lowest BCUT2D eigenvalue weighted by Crippen LogP contribution is -1.85. The van der Waals surface area contributed by atoms with Crippen LogP contribution in [0, 0.1) is 0 Å². The third kappa shape index (κ3) is 5.46. The molecule has 7 rings (SSSR count). The SMILES string of the molecule is C=CC.C=CC=C.CC.c1ccc2c(c1)oc1ccc(-c3ccc4c5ccccc5c5ccccc5c4c3)cc12. The summed E-state index contributed by atoms with van der Waals surface area (Å²) >= 11 is 0. The summed E-state index contributed by atoms with van der Waals surface area (Å²) in [6.45, 7) is 16.0. The van der Waals surface area contributed by atoms with Gasteiger partial charge >= 0.3 is 0 Å². The average Bonchev–Trinajstić information content (AvgIpc) is 3.40. The van der Waals surface area contributed by atoms with Crippen molar-refractivity contribution in [1.29, 1.82) is 0 Å². The summed E-state index contributed by atoms with van der Waals surface area (Å²) < 4.78 is 6.02. The highest BCUT2D eigenvalue weighted by Crippen LogP contribution is 2.38. The standard InChI is InChI=1S/C30H18O.C4H6.C3H6.C2H6/c1-2-9-23-21(7-1)22-8-3-4-10-24(22)27-17-19(13-15-25(23)27)20-14-16-30-28(18-20)26-11-5-6-12-29(26)31-30;1-3-4-2;1-3-2;1-2/h1-18H;3-4H,1-2H2;3H,1H2,2H3;1-2H3. The van der Waals surface area contributed by atoms with E-state index >= 15 is 0 Å². The topological polar surface area (TPSA) is 13.1 Å². The predicted octanol–water partition coefficient (Wildman–Crippen LogP) is 12.3. The monoisotopic (exact) mass is 520 g/mol. The Morgan fingerprint density at radius 2 is 0.825 bits per heavy atom. The van der Waals surface area contributed by atoms with Crippen molar-refractivity contribution >= 4 is 54.3 Å². The molecular weight excluding hydrogens is 484 g/mol. The van der Waals surface area contributed by atoms with Crippen LogP contribution in [0.2, 0.25) is 0 Å². The van der Waals surface area contributed by atoms with E-state index in [1.54, 1.807) is 18.2 Å². The summed E-state index contributed by atoms with van der Waals surface area (Å²) in [4.78, 5) is 0. The molecule has 7 aromatic rings. The molecule has 1 heteroatoms. The quantitative estimate of drug-likeness (QED) is 0.125. The minimum atomic E-state index is 0.933. The first-order chi connectivity index (χ1) is 19.7. The zero-order chi connectivity index (χ0) is 28.5. The van der Waals surface area contributed by atoms with E-state index in [1.807, 2.05) is 32.9 Å². The normalized spacial score (nSPS) is 10.2. The highest BCUT2D eigenvalue weighted by molar-refractivity contribution is 6.25. The lowest BCUT2D eigenvalue weighted by molar-refractivity contribution is 0.669. The van der Waals surface area contributed by atoms with Crippen molar-refractivity contribution in [3.05, 3.63) is 147 Å². The second kappa shape index (κ2) is 13.3. The van der Waals surface area contributed by atoms with Gasteiger partial charge in [0.25, 0.3) is 0 Å². The van der Waals surface area contributed by atoms with Gasteiger partial charge in [0.2, 0.25) is 0 Å². The fourth-order valence-electron chi connectivity index (χ4n) is 4.99. The zero-order valence-corrected chi connectivity index (χ0v) is 23.7. The number of hydrogen-bond acceptors (Lipinski definition) is 1. The molecule has 0 aliphatic carbocycles. The fourth-order valence-corrected chi connectivity index (χ4v) is 4.99. The van der Waals surface area contributed by atoms with Crippen molar-refractivity contribution in [2.45, 2.75) is 20.8 Å². The van der Waals surface area contributed by atoms with Gasteiger partial charge in [-0.05, 0) is 74.6 Å². The lowest BCUT2D eigenvalue weighted by Gasteiger charge is -2.12. The number of para-hydroxylation sites is 1. The zero-order valence-electron chi connectivity index (χ0n) is 23.7. The van der Waals surface area contributed by atoms with Crippen molar-refractivity contribution in [2.75, 3.05) is 0 Å². The summed E-state index contributed by atoms with van der Waals surface area (Å²) in [6, 6.07) is 39.0. The van der Waals surface area contributed by atoms with E-state index in [0.717, 1.165) is 21.9 Å². The van der Waals surface area contributed by atoms with Gasteiger partial charge in [0.05, 0.1) is 0 Å². The molecule has 1 aromatic heterocycles. The fraction of sp³-hybridized carbons (Fsp3) is 0.0769. The van der Waals surface area contributed by atoms with Gasteiger partial charge in [0.1, 0.15) is 11.2 Å². The molecule has 0 spiro atoms. The Morgan fingerprint density at radius 3 is 1.35 bits per heavy atom. The molecular formula is C39H36O. The molecule has 0 saturated carbocycles. The Kier molecular flexibility index (Phi) is 9.33. The molecule has 0 N–H and O–H groups in total. The van der Waals surface area contributed by atoms with Crippen LogP contribution in [0.3, 0.4) is 0 Å². The number of furan rings is 1. The molecule has 1 heterocycles. The maximum Gasteiger partial charge on any atom is 0.135 e. The van der Waals surface area contributed by atoms with Crippen molar-refractivity contribution < 1.29 is 4.42 Å². The molecule has 0 saturated heterocycles. The Hall–Kier alpha value is -4.88. The minimum absolute atomic E-state index is 0.933. The number of benzene rings is 6. The van der Waals surface area contributed by atoms with Gasteiger partial charge in [-0.2, -0.15) is 0 Å². The van der Waals surface area contributed by atoms with Crippen LogP contribution in [0.5, 0.6) is 0 Å². The van der Waals surface area contributed by atoms with Crippen molar-refractivity contribution in [3.8, 4) is 11.1 Å². The Balaban J connectivity index is 0.000000368. The van der Waals surface area contributed by atoms with Crippen LogP contribution in [0.15, 0.2) is 152 Å². The maximum atomic E-state index is 6.02. The third-order valence-electron chi connectivity index (χ3n) is 6.62. The summed E-state index contributed by atoms with van der Waals surface area (Å²) in [6.07, 6.45) is 5.03. The molecule has 0 amide bonds. The van der Waals surface area contributed by atoms with Crippen LogP contribution in [0.4, 0.5) is 0 Å². The van der Waals surface area contributed by atoms with Gasteiger partial charge in [0.15, 0.2) is 0 Å². The molecule has 0 bridgehead atoms. The summed E-state index contributed by atoms with van der Waals surface area (Å²) in [5.41, 5.74) is 4.30. The Bertz CT molecular complexity index is 1890. The lowest BCUT2D eigenvalue weighted by atomic mass is 9.92. The highest BCUT2D eigenvalue weighted by Gasteiger charge is 2.11. The van der Waals surface area contributed by atoms with E-state index in [-0.39, 0.29) is 0 Å². The smallest absolute Gasteiger partial charge is 0.135 e. The highest BCUT2D eigenvalue weighted by atomic mass is 16.3. The predicted molar refractivity (Wildman–Crippen MR) is 179 cm³/mol. The van der Waals surface area contributed by atoms with Gasteiger partial charge in [-0.15, -0.1) is 6.58 Å². The first kappa shape index (κ1) is 28.1. The number of rotatable bonds is 2. The summed E-state index contributed by atoms with van der Waals surface area (Å²) in [5.74, 6) is 0. The Labute approximate surface area is 237 Å². The van der Waals surface area contributed by atoms with Crippen molar-refractivity contribution in [3.63, 3.8) is 0 Å². The van der Waals surface area contributed by atoms with Gasteiger partial charge in [0, 0.05) is 10.8 Å². The second-order valence-electron chi connectivity index (χ2n) is 9.04. The molecule has 40 heavy (non-hydrogen) atoms. The molecule has 198 valence electrons. The number of fused-ring (bicyclic) bond motifs is 9. The molecule has 0 radical (unpaired) electrons. The van der Waals surface area contributed by atoms with Crippen molar-refractivity contribution in [2.24, 2.45) is 0 Å². The number of hydrogen-bond donors (Lipinski definition) is 0.